The van der Waals surface area contributed by atoms with Gasteiger partial charge >= 0.3 is 0 Å². The highest BCUT2D eigenvalue weighted by Gasteiger charge is 2.28. The van der Waals surface area contributed by atoms with Crippen LogP contribution in [-0.4, -0.2) is 30.1 Å². The normalized spacial score (nSPS) is 21.1. The van der Waals surface area contributed by atoms with Gasteiger partial charge in [-0.3, -0.25) is 4.90 Å². The second-order valence-corrected chi connectivity index (χ2v) is 5.69. The minimum Gasteiger partial charge on any atom is -0.315 e. The highest BCUT2D eigenvalue weighted by atomic mass is 15.2. The monoisotopic (exact) mass is 232 g/mol. The average Bonchev–Trinajstić information content (AvgIpc) is 2.44. The number of hydrogen-bond donors (Lipinski definition) is 1. The second-order valence-electron chi connectivity index (χ2n) is 5.69. The Kier molecular flexibility index (Phi) is 3.85. The van der Waals surface area contributed by atoms with Crippen molar-refractivity contribution < 1.29 is 0 Å². The molecule has 0 spiro atoms. The molecule has 1 saturated heterocycles. The molecule has 0 radical (unpaired) electrons. The largest absolute Gasteiger partial charge is 0.315 e. The summed E-state index contributed by atoms with van der Waals surface area (Å²) in [6.45, 7) is 11.4. The Hall–Kier alpha value is -0.860. The van der Waals surface area contributed by atoms with Gasteiger partial charge in [0, 0.05) is 25.2 Å². The molecule has 0 saturated carbocycles. The maximum Gasteiger partial charge on any atom is 0.0281 e. The Balaban J connectivity index is 2.13. The quantitative estimate of drug-likeness (QED) is 0.843. The summed E-state index contributed by atoms with van der Waals surface area (Å²) in [6, 6.07) is 8.72. The molecule has 0 atom stereocenters. The number of nitrogens with zero attached hydrogens (tertiary/aromatic N) is 1. The molecule has 0 aromatic heterocycles. The van der Waals surface area contributed by atoms with Crippen LogP contribution in [-0.2, 0) is 6.54 Å². The molecule has 0 amide bonds. The van der Waals surface area contributed by atoms with Gasteiger partial charge < -0.3 is 5.32 Å². The van der Waals surface area contributed by atoms with Crippen LogP contribution in [0.5, 0.6) is 0 Å². The SMILES string of the molecule is Cc1ccccc1CN1CCCNCC1(C)C. The van der Waals surface area contributed by atoms with Crippen molar-refractivity contribution >= 4 is 0 Å². The first-order valence-electron chi connectivity index (χ1n) is 6.60. The molecule has 1 fully saturated rings. The van der Waals surface area contributed by atoms with Gasteiger partial charge in [0.05, 0.1) is 0 Å². The Morgan fingerprint density at radius 2 is 2.06 bits per heavy atom. The Morgan fingerprint density at radius 3 is 2.82 bits per heavy atom. The number of nitrogens with one attached hydrogen (secondary N) is 1. The van der Waals surface area contributed by atoms with E-state index in [-0.39, 0.29) is 5.54 Å². The zero-order valence-corrected chi connectivity index (χ0v) is 11.3. The summed E-state index contributed by atoms with van der Waals surface area (Å²) in [4.78, 5) is 2.61. The zero-order valence-electron chi connectivity index (χ0n) is 11.3. The zero-order chi connectivity index (χ0) is 12.3. The lowest BCUT2D eigenvalue weighted by atomic mass is 10.0. The summed E-state index contributed by atoms with van der Waals surface area (Å²) < 4.78 is 0. The van der Waals surface area contributed by atoms with E-state index in [0.717, 1.165) is 19.6 Å². The molecule has 17 heavy (non-hydrogen) atoms. The van der Waals surface area contributed by atoms with Crippen molar-refractivity contribution in [2.45, 2.75) is 39.3 Å². The lowest BCUT2D eigenvalue weighted by Gasteiger charge is -2.37. The molecule has 1 heterocycles. The molecule has 1 N–H and O–H groups in total. The van der Waals surface area contributed by atoms with Gasteiger partial charge in [0.25, 0.3) is 0 Å². The van der Waals surface area contributed by atoms with E-state index < -0.39 is 0 Å². The summed E-state index contributed by atoms with van der Waals surface area (Å²) in [5.74, 6) is 0. The minimum atomic E-state index is 0.249. The van der Waals surface area contributed by atoms with E-state index in [1.807, 2.05) is 0 Å². The lowest BCUT2D eigenvalue weighted by Crippen LogP contribution is -2.48. The smallest absolute Gasteiger partial charge is 0.0281 e. The molecule has 1 aromatic carbocycles. The summed E-state index contributed by atoms with van der Waals surface area (Å²) in [6.07, 6.45) is 1.25. The first-order valence-corrected chi connectivity index (χ1v) is 6.60. The standard InChI is InChI=1S/C15H24N2/c1-13-7-4-5-8-14(13)11-17-10-6-9-16-12-15(17,2)3/h4-5,7-8,16H,6,9-12H2,1-3H3. The molecule has 1 aliphatic heterocycles. The molecule has 1 aromatic rings. The van der Waals surface area contributed by atoms with Crippen molar-refractivity contribution in [1.29, 1.82) is 0 Å². The third-order valence-corrected chi connectivity index (χ3v) is 3.82. The maximum atomic E-state index is 3.53. The van der Waals surface area contributed by atoms with E-state index in [0.29, 0.717) is 0 Å². The number of benzene rings is 1. The molecule has 2 rings (SSSR count). The van der Waals surface area contributed by atoms with Crippen LogP contribution in [0.25, 0.3) is 0 Å². The molecule has 2 nitrogen and oxygen atoms in total. The Labute approximate surface area is 105 Å². The highest BCUT2D eigenvalue weighted by Crippen LogP contribution is 2.21. The molecule has 0 aliphatic carbocycles. The lowest BCUT2D eigenvalue weighted by molar-refractivity contribution is 0.124. The van der Waals surface area contributed by atoms with E-state index >= 15 is 0 Å². The van der Waals surface area contributed by atoms with E-state index in [9.17, 15) is 0 Å². The number of hydrogen-bond acceptors (Lipinski definition) is 2. The first-order chi connectivity index (χ1) is 8.09. The van der Waals surface area contributed by atoms with E-state index in [1.165, 1.54) is 24.1 Å². The molecule has 0 unspecified atom stereocenters. The molecule has 0 bridgehead atoms. The van der Waals surface area contributed by atoms with Gasteiger partial charge in [0.1, 0.15) is 0 Å². The van der Waals surface area contributed by atoms with Gasteiger partial charge in [-0.25, -0.2) is 0 Å². The van der Waals surface area contributed by atoms with Crippen LogP contribution < -0.4 is 5.32 Å². The molecular weight excluding hydrogens is 208 g/mol. The fourth-order valence-electron chi connectivity index (χ4n) is 2.49. The van der Waals surface area contributed by atoms with Crippen LogP contribution in [0.2, 0.25) is 0 Å². The van der Waals surface area contributed by atoms with Crippen molar-refractivity contribution in [3.8, 4) is 0 Å². The van der Waals surface area contributed by atoms with Crippen LogP contribution in [0.15, 0.2) is 24.3 Å². The fraction of sp³-hybridized carbons (Fsp3) is 0.600. The predicted molar refractivity (Wildman–Crippen MR) is 73.2 cm³/mol. The van der Waals surface area contributed by atoms with E-state index in [1.54, 1.807) is 0 Å². The summed E-state index contributed by atoms with van der Waals surface area (Å²) in [5.41, 5.74) is 3.11. The predicted octanol–water partition coefficient (Wildman–Crippen LogP) is 2.57. The Morgan fingerprint density at radius 1 is 1.29 bits per heavy atom. The van der Waals surface area contributed by atoms with Crippen molar-refractivity contribution in [3.05, 3.63) is 35.4 Å². The summed E-state index contributed by atoms with van der Waals surface area (Å²) in [5, 5.41) is 3.53. The van der Waals surface area contributed by atoms with Crippen LogP contribution in [0.4, 0.5) is 0 Å². The summed E-state index contributed by atoms with van der Waals surface area (Å²) >= 11 is 0. The van der Waals surface area contributed by atoms with Gasteiger partial charge in [-0.15, -0.1) is 0 Å². The second kappa shape index (κ2) is 5.19. The number of aryl methyl sites for hydroxylation is 1. The van der Waals surface area contributed by atoms with Crippen LogP contribution >= 0.6 is 0 Å². The first kappa shape index (κ1) is 12.6. The van der Waals surface area contributed by atoms with E-state index in [4.69, 9.17) is 0 Å². The van der Waals surface area contributed by atoms with Crippen molar-refractivity contribution in [3.63, 3.8) is 0 Å². The van der Waals surface area contributed by atoms with Gasteiger partial charge in [-0.2, -0.15) is 0 Å². The molecule has 94 valence electrons. The minimum absolute atomic E-state index is 0.249. The van der Waals surface area contributed by atoms with Gasteiger partial charge in [0.2, 0.25) is 0 Å². The highest BCUT2D eigenvalue weighted by molar-refractivity contribution is 5.25. The third kappa shape index (κ3) is 3.08. The molecule has 2 heteroatoms. The topological polar surface area (TPSA) is 15.3 Å². The van der Waals surface area contributed by atoms with Crippen LogP contribution in [0.3, 0.4) is 0 Å². The van der Waals surface area contributed by atoms with Crippen molar-refractivity contribution in [2.24, 2.45) is 0 Å². The number of rotatable bonds is 2. The third-order valence-electron chi connectivity index (χ3n) is 3.82. The molecule has 1 aliphatic rings. The van der Waals surface area contributed by atoms with E-state index in [2.05, 4.69) is 55.3 Å². The van der Waals surface area contributed by atoms with Crippen LogP contribution in [0.1, 0.15) is 31.4 Å². The maximum absolute atomic E-state index is 3.53. The van der Waals surface area contributed by atoms with Gasteiger partial charge in [-0.1, -0.05) is 24.3 Å². The van der Waals surface area contributed by atoms with Gasteiger partial charge in [-0.05, 0) is 44.9 Å². The summed E-state index contributed by atoms with van der Waals surface area (Å²) in [7, 11) is 0. The average molecular weight is 232 g/mol. The van der Waals surface area contributed by atoms with Crippen molar-refractivity contribution in [1.82, 2.24) is 10.2 Å². The Bertz CT molecular complexity index is 371. The van der Waals surface area contributed by atoms with Crippen LogP contribution in [0, 0.1) is 6.92 Å². The van der Waals surface area contributed by atoms with Crippen molar-refractivity contribution in [2.75, 3.05) is 19.6 Å². The molecular formula is C15H24N2. The fourth-order valence-corrected chi connectivity index (χ4v) is 2.49. The van der Waals surface area contributed by atoms with Gasteiger partial charge in [0.15, 0.2) is 0 Å².